The van der Waals surface area contributed by atoms with Gasteiger partial charge in [-0.05, 0) is 46.1 Å². The predicted molar refractivity (Wildman–Crippen MR) is 97.1 cm³/mol. The SMILES string of the molecule is CC(NC1CC(NC(=O)OCc2ccccc2)C1)C(=O)NC(C)(C)C. The zero-order chi connectivity index (χ0) is 18.4. The first-order valence-corrected chi connectivity index (χ1v) is 8.78. The van der Waals surface area contributed by atoms with Gasteiger partial charge in [0.25, 0.3) is 0 Å². The first-order valence-electron chi connectivity index (χ1n) is 8.78. The molecular weight excluding hydrogens is 318 g/mol. The van der Waals surface area contributed by atoms with Gasteiger partial charge in [-0.1, -0.05) is 30.3 Å². The summed E-state index contributed by atoms with van der Waals surface area (Å²) in [6, 6.07) is 9.66. The van der Waals surface area contributed by atoms with Gasteiger partial charge in [0.05, 0.1) is 6.04 Å². The molecule has 2 amide bonds. The highest BCUT2D eigenvalue weighted by Gasteiger charge is 2.33. The van der Waals surface area contributed by atoms with Gasteiger partial charge >= 0.3 is 6.09 Å². The van der Waals surface area contributed by atoms with E-state index in [0.29, 0.717) is 0 Å². The highest BCUT2D eigenvalue weighted by Crippen LogP contribution is 2.20. The number of carbonyl (C=O) groups excluding carboxylic acids is 2. The molecule has 0 radical (unpaired) electrons. The van der Waals surface area contributed by atoms with Crippen molar-refractivity contribution in [3.8, 4) is 0 Å². The fraction of sp³-hybridized carbons (Fsp3) is 0.579. The average Bonchev–Trinajstić information content (AvgIpc) is 2.50. The van der Waals surface area contributed by atoms with Crippen LogP contribution in [-0.4, -0.2) is 35.7 Å². The van der Waals surface area contributed by atoms with Gasteiger partial charge in [0, 0.05) is 17.6 Å². The molecule has 3 N–H and O–H groups in total. The fourth-order valence-corrected chi connectivity index (χ4v) is 2.71. The topological polar surface area (TPSA) is 79.5 Å². The van der Waals surface area contributed by atoms with Crippen LogP contribution in [-0.2, 0) is 16.1 Å². The van der Waals surface area contributed by atoms with E-state index in [1.165, 1.54) is 0 Å². The van der Waals surface area contributed by atoms with E-state index in [0.717, 1.165) is 18.4 Å². The van der Waals surface area contributed by atoms with Crippen LogP contribution in [0.3, 0.4) is 0 Å². The summed E-state index contributed by atoms with van der Waals surface area (Å²) in [7, 11) is 0. The second-order valence-corrected chi connectivity index (χ2v) is 7.70. The molecule has 0 saturated heterocycles. The molecule has 1 unspecified atom stereocenters. The number of benzene rings is 1. The van der Waals surface area contributed by atoms with Gasteiger partial charge in [0.15, 0.2) is 0 Å². The van der Waals surface area contributed by atoms with Gasteiger partial charge in [-0.25, -0.2) is 4.79 Å². The summed E-state index contributed by atoms with van der Waals surface area (Å²) in [6.45, 7) is 8.01. The third-order valence-electron chi connectivity index (χ3n) is 4.05. The molecule has 1 aliphatic carbocycles. The Morgan fingerprint density at radius 2 is 1.80 bits per heavy atom. The Morgan fingerprint density at radius 3 is 2.40 bits per heavy atom. The third kappa shape index (κ3) is 6.74. The molecule has 0 bridgehead atoms. The summed E-state index contributed by atoms with van der Waals surface area (Å²) in [5.41, 5.74) is 0.726. The van der Waals surface area contributed by atoms with Crippen LogP contribution < -0.4 is 16.0 Å². The largest absolute Gasteiger partial charge is 0.445 e. The lowest BCUT2D eigenvalue weighted by atomic mass is 9.86. The Hall–Kier alpha value is -2.08. The highest BCUT2D eigenvalue weighted by molar-refractivity contribution is 5.82. The zero-order valence-electron chi connectivity index (χ0n) is 15.5. The second kappa shape index (κ2) is 8.34. The molecule has 1 atom stereocenters. The Labute approximate surface area is 149 Å². The first-order chi connectivity index (χ1) is 11.7. The molecule has 1 fully saturated rings. The lowest BCUT2D eigenvalue weighted by Gasteiger charge is -2.38. The van der Waals surface area contributed by atoms with Gasteiger partial charge in [0.1, 0.15) is 6.61 Å². The smallest absolute Gasteiger partial charge is 0.407 e. The number of carbonyl (C=O) groups is 2. The second-order valence-electron chi connectivity index (χ2n) is 7.70. The van der Waals surface area contributed by atoms with Gasteiger partial charge in [-0.3, -0.25) is 4.79 Å². The molecule has 138 valence electrons. The van der Waals surface area contributed by atoms with E-state index in [9.17, 15) is 9.59 Å². The molecule has 1 aromatic rings. The number of hydrogen-bond acceptors (Lipinski definition) is 4. The van der Waals surface area contributed by atoms with Crippen LogP contribution in [0.25, 0.3) is 0 Å². The Balaban J connectivity index is 1.62. The van der Waals surface area contributed by atoms with E-state index in [1.54, 1.807) is 0 Å². The maximum atomic E-state index is 12.1. The average molecular weight is 347 g/mol. The van der Waals surface area contributed by atoms with Crippen LogP contribution in [0.1, 0.15) is 46.1 Å². The summed E-state index contributed by atoms with van der Waals surface area (Å²) < 4.78 is 5.21. The predicted octanol–water partition coefficient (Wildman–Crippen LogP) is 2.34. The normalized spacial score (nSPS) is 21.0. The standard InChI is InChI=1S/C19H29N3O3/c1-13(17(23)22-19(2,3)4)20-15-10-16(11-15)21-18(24)25-12-14-8-6-5-7-9-14/h5-9,13,15-16,20H,10-12H2,1-4H3,(H,21,24)(H,22,23). The minimum atomic E-state index is -0.397. The fourth-order valence-electron chi connectivity index (χ4n) is 2.71. The lowest BCUT2D eigenvalue weighted by Crippen LogP contribution is -2.58. The molecule has 0 aromatic heterocycles. The van der Waals surface area contributed by atoms with Gasteiger partial charge < -0.3 is 20.7 Å². The quantitative estimate of drug-likeness (QED) is 0.738. The van der Waals surface area contributed by atoms with Crippen LogP contribution >= 0.6 is 0 Å². The zero-order valence-corrected chi connectivity index (χ0v) is 15.5. The van der Waals surface area contributed by atoms with Crippen molar-refractivity contribution in [3.63, 3.8) is 0 Å². The van der Waals surface area contributed by atoms with E-state index in [-0.39, 0.29) is 36.2 Å². The number of nitrogens with one attached hydrogen (secondary N) is 3. The Kier molecular flexibility index (Phi) is 6.42. The van der Waals surface area contributed by atoms with Gasteiger partial charge in [-0.2, -0.15) is 0 Å². The van der Waals surface area contributed by atoms with Crippen LogP contribution in [0.4, 0.5) is 4.79 Å². The lowest BCUT2D eigenvalue weighted by molar-refractivity contribution is -0.124. The van der Waals surface area contributed by atoms with E-state index in [4.69, 9.17) is 4.74 Å². The molecule has 0 aliphatic heterocycles. The third-order valence-corrected chi connectivity index (χ3v) is 4.05. The monoisotopic (exact) mass is 347 g/mol. The van der Waals surface area contributed by atoms with Crippen molar-refractivity contribution in [1.29, 1.82) is 0 Å². The van der Waals surface area contributed by atoms with Crippen LogP contribution in [0.2, 0.25) is 0 Å². The minimum Gasteiger partial charge on any atom is -0.445 e. The maximum absolute atomic E-state index is 12.1. The van der Waals surface area contributed by atoms with Crippen LogP contribution in [0.15, 0.2) is 30.3 Å². The molecule has 6 heteroatoms. The van der Waals surface area contributed by atoms with Crippen molar-refractivity contribution in [2.75, 3.05) is 0 Å². The molecule has 0 spiro atoms. The summed E-state index contributed by atoms with van der Waals surface area (Å²) in [5.74, 6) is -0.00817. The first kappa shape index (κ1) is 19.2. The maximum Gasteiger partial charge on any atom is 0.407 e. The summed E-state index contributed by atoms with van der Waals surface area (Å²) in [6.07, 6.45) is 1.20. The highest BCUT2D eigenvalue weighted by atomic mass is 16.5. The Morgan fingerprint density at radius 1 is 1.16 bits per heavy atom. The Bertz CT molecular complexity index is 577. The van der Waals surface area contributed by atoms with E-state index >= 15 is 0 Å². The van der Waals surface area contributed by atoms with Crippen molar-refractivity contribution >= 4 is 12.0 Å². The van der Waals surface area contributed by atoms with E-state index < -0.39 is 6.09 Å². The van der Waals surface area contributed by atoms with Crippen LogP contribution in [0.5, 0.6) is 0 Å². The van der Waals surface area contributed by atoms with Gasteiger partial charge in [-0.15, -0.1) is 0 Å². The van der Waals surface area contributed by atoms with Crippen molar-refractivity contribution in [3.05, 3.63) is 35.9 Å². The summed E-state index contributed by atoms with van der Waals surface area (Å²) in [5, 5.41) is 9.11. The summed E-state index contributed by atoms with van der Waals surface area (Å²) in [4.78, 5) is 23.8. The number of amides is 2. The van der Waals surface area contributed by atoms with Crippen molar-refractivity contribution < 1.29 is 14.3 Å². The van der Waals surface area contributed by atoms with E-state index in [2.05, 4.69) is 16.0 Å². The molecule has 1 aliphatic rings. The van der Waals surface area contributed by atoms with Crippen LogP contribution in [0, 0.1) is 0 Å². The molecular formula is C19H29N3O3. The number of alkyl carbamates (subject to hydrolysis) is 1. The number of ether oxygens (including phenoxy) is 1. The summed E-state index contributed by atoms with van der Waals surface area (Å²) >= 11 is 0. The van der Waals surface area contributed by atoms with Crippen molar-refractivity contribution in [2.24, 2.45) is 0 Å². The molecule has 2 rings (SSSR count). The molecule has 6 nitrogen and oxygen atoms in total. The van der Waals surface area contributed by atoms with Crippen molar-refractivity contribution in [1.82, 2.24) is 16.0 Å². The molecule has 25 heavy (non-hydrogen) atoms. The van der Waals surface area contributed by atoms with Crippen molar-refractivity contribution in [2.45, 2.75) is 70.8 Å². The van der Waals surface area contributed by atoms with Gasteiger partial charge in [0.2, 0.25) is 5.91 Å². The minimum absolute atomic E-state index is 0.00817. The molecule has 0 heterocycles. The van der Waals surface area contributed by atoms with E-state index in [1.807, 2.05) is 58.0 Å². The number of hydrogen-bond donors (Lipinski definition) is 3. The molecule has 1 aromatic carbocycles. The number of rotatable bonds is 6. The molecule has 1 saturated carbocycles.